The molecule has 10 nitrogen and oxygen atoms in total. The lowest BCUT2D eigenvalue weighted by molar-refractivity contribution is -0.172. The number of carbonyl (C=O) groups is 2. The van der Waals surface area contributed by atoms with Gasteiger partial charge in [0.05, 0.1) is 0 Å². The third-order valence-electron chi connectivity index (χ3n) is 1.50. The minimum absolute atomic E-state index is 0. The van der Waals surface area contributed by atoms with E-state index >= 15 is 0 Å². The molecule has 10 heteroatoms. The smallest absolute Gasteiger partial charge is 0.335 e. The SMILES string of the molecule is O.O.O=C(O)C(O)C(O)C(O)C(O)C(=O)O. The molecule has 10 N–H and O–H groups in total. The second kappa shape index (κ2) is 7.92. The van der Waals surface area contributed by atoms with Crippen LogP contribution < -0.4 is 0 Å². The van der Waals surface area contributed by atoms with Gasteiger partial charge in [0.2, 0.25) is 0 Å². The highest BCUT2D eigenvalue weighted by molar-refractivity contribution is 5.75. The molecule has 0 aromatic carbocycles. The molecule has 0 aromatic rings. The molecule has 0 aromatic heterocycles. The fourth-order valence-electron chi connectivity index (χ4n) is 0.666. The lowest BCUT2D eigenvalue weighted by atomic mass is 10.0. The molecule has 4 atom stereocenters. The third-order valence-corrected chi connectivity index (χ3v) is 1.50. The first-order valence-electron chi connectivity index (χ1n) is 3.47. The zero-order valence-electron chi connectivity index (χ0n) is 7.81. The normalized spacial score (nSPS) is 17.0. The van der Waals surface area contributed by atoms with Crippen LogP contribution in [0.3, 0.4) is 0 Å². The molecular weight excluding hydrogens is 232 g/mol. The largest absolute Gasteiger partial charge is 0.479 e. The summed E-state index contributed by atoms with van der Waals surface area (Å²) in [6.07, 6.45) is -9.28. The number of aliphatic carboxylic acids is 2. The van der Waals surface area contributed by atoms with Gasteiger partial charge in [-0.1, -0.05) is 0 Å². The summed E-state index contributed by atoms with van der Waals surface area (Å²) in [5.74, 6) is -3.68. The Bertz CT molecular complexity index is 203. The van der Waals surface area contributed by atoms with Crippen LogP contribution in [0.5, 0.6) is 0 Å². The molecule has 0 spiro atoms. The van der Waals surface area contributed by atoms with Gasteiger partial charge in [-0.2, -0.15) is 0 Å². The maximum Gasteiger partial charge on any atom is 0.335 e. The molecule has 0 bridgehead atoms. The van der Waals surface area contributed by atoms with E-state index in [0.717, 1.165) is 0 Å². The highest BCUT2D eigenvalue weighted by Crippen LogP contribution is 2.05. The summed E-state index contributed by atoms with van der Waals surface area (Å²) in [4.78, 5) is 20.2. The predicted octanol–water partition coefficient (Wildman–Crippen LogP) is -5.05. The Morgan fingerprint density at radius 3 is 1.00 bits per heavy atom. The Balaban J connectivity index is -0.000000845. The maximum absolute atomic E-state index is 10.1. The lowest BCUT2D eigenvalue weighted by Crippen LogP contribution is -2.49. The van der Waals surface area contributed by atoms with Crippen molar-refractivity contribution in [1.29, 1.82) is 0 Å². The van der Waals surface area contributed by atoms with Crippen molar-refractivity contribution in [2.75, 3.05) is 0 Å². The Morgan fingerprint density at radius 1 is 0.688 bits per heavy atom. The van der Waals surface area contributed by atoms with Crippen LogP contribution in [-0.4, -0.2) is 77.9 Å². The molecular formula is C6H14O10. The Kier molecular flexibility index (Phi) is 9.98. The number of aliphatic hydroxyl groups excluding tert-OH is 4. The van der Waals surface area contributed by atoms with E-state index < -0.39 is 36.4 Å². The van der Waals surface area contributed by atoms with Crippen LogP contribution in [0.4, 0.5) is 0 Å². The van der Waals surface area contributed by atoms with Crippen molar-refractivity contribution in [3.05, 3.63) is 0 Å². The van der Waals surface area contributed by atoms with Gasteiger partial charge in [0.15, 0.2) is 12.2 Å². The molecule has 0 aliphatic carbocycles. The van der Waals surface area contributed by atoms with E-state index in [1.54, 1.807) is 0 Å². The van der Waals surface area contributed by atoms with Crippen LogP contribution in [0.2, 0.25) is 0 Å². The summed E-state index contributed by atoms with van der Waals surface area (Å²) in [5.41, 5.74) is 0. The van der Waals surface area contributed by atoms with Gasteiger partial charge in [0, 0.05) is 0 Å². The average molecular weight is 246 g/mol. The summed E-state index contributed by atoms with van der Waals surface area (Å²) in [6, 6.07) is 0. The van der Waals surface area contributed by atoms with Crippen LogP contribution in [-0.2, 0) is 9.59 Å². The highest BCUT2D eigenvalue weighted by Gasteiger charge is 2.37. The quantitative estimate of drug-likeness (QED) is 0.275. The summed E-state index contributed by atoms with van der Waals surface area (Å²) in [7, 11) is 0. The Hall–Kier alpha value is -1.30. The number of hydrogen-bond acceptors (Lipinski definition) is 6. The number of carboxylic acids is 2. The minimum Gasteiger partial charge on any atom is -0.479 e. The van der Waals surface area contributed by atoms with Gasteiger partial charge in [0.1, 0.15) is 12.2 Å². The second-order valence-electron chi connectivity index (χ2n) is 2.55. The molecule has 0 heterocycles. The summed E-state index contributed by atoms with van der Waals surface area (Å²) >= 11 is 0. The molecule has 0 aliphatic rings. The Labute approximate surface area is 88.6 Å². The van der Waals surface area contributed by atoms with Crippen molar-refractivity contribution in [3.63, 3.8) is 0 Å². The number of hydrogen-bond donors (Lipinski definition) is 6. The van der Waals surface area contributed by atoms with Crippen molar-refractivity contribution < 1.29 is 51.2 Å². The number of aliphatic hydroxyl groups is 4. The topological polar surface area (TPSA) is 219 Å². The van der Waals surface area contributed by atoms with Crippen LogP contribution in [0.15, 0.2) is 0 Å². The van der Waals surface area contributed by atoms with Gasteiger partial charge in [-0.05, 0) is 0 Å². The first-order valence-corrected chi connectivity index (χ1v) is 3.47. The van der Waals surface area contributed by atoms with E-state index in [4.69, 9.17) is 30.6 Å². The first-order chi connectivity index (χ1) is 6.29. The maximum atomic E-state index is 10.1. The number of carboxylic acid groups (broad SMARTS) is 2. The van der Waals surface area contributed by atoms with Crippen LogP contribution in [0, 0.1) is 0 Å². The van der Waals surface area contributed by atoms with Gasteiger partial charge in [-0.15, -0.1) is 0 Å². The Morgan fingerprint density at radius 2 is 0.875 bits per heavy atom. The highest BCUT2D eigenvalue weighted by atomic mass is 16.4. The molecule has 0 rings (SSSR count). The molecule has 0 fully saturated rings. The van der Waals surface area contributed by atoms with Crippen molar-refractivity contribution in [2.45, 2.75) is 24.4 Å². The average Bonchev–Trinajstić information content (AvgIpc) is 2.12. The van der Waals surface area contributed by atoms with E-state index in [0.29, 0.717) is 0 Å². The molecule has 0 amide bonds. The molecule has 0 saturated heterocycles. The van der Waals surface area contributed by atoms with Crippen molar-refractivity contribution >= 4 is 11.9 Å². The van der Waals surface area contributed by atoms with Crippen LogP contribution in [0.25, 0.3) is 0 Å². The molecule has 0 radical (unpaired) electrons. The molecule has 16 heavy (non-hydrogen) atoms. The van der Waals surface area contributed by atoms with E-state index in [-0.39, 0.29) is 11.0 Å². The molecule has 4 unspecified atom stereocenters. The van der Waals surface area contributed by atoms with E-state index in [1.807, 2.05) is 0 Å². The van der Waals surface area contributed by atoms with Crippen molar-refractivity contribution in [3.8, 4) is 0 Å². The van der Waals surface area contributed by atoms with Crippen molar-refractivity contribution in [1.82, 2.24) is 0 Å². The van der Waals surface area contributed by atoms with E-state index in [1.165, 1.54) is 0 Å². The van der Waals surface area contributed by atoms with Crippen LogP contribution in [0.1, 0.15) is 0 Å². The van der Waals surface area contributed by atoms with Gasteiger partial charge in [0.25, 0.3) is 0 Å². The van der Waals surface area contributed by atoms with Gasteiger partial charge < -0.3 is 41.6 Å². The first kappa shape index (κ1) is 20.2. The van der Waals surface area contributed by atoms with E-state index in [9.17, 15) is 9.59 Å². The minimum atomic E-state index is -2.36. The van der Waals surface area contributed by atoms with E-state index in [2.05, 4.69) is 0 Å². The monoisotopic (exact) mass is 246 g/mol. The molecule has 0 aliphatic heterocycles. The van der Waals surface area contributed by atoms with Gasteiger partial charge >= 0.3 is 11.9 Å². The molecule has 0 saturated carbocycles. The summed E-state index contributed by atoms with van der Waals surface area (Å²) in [6.45, 7) is 0. The zero-order chi connectivity index (χ0) is 11.5. The predicted molar refractivity (Wildman–Crippen MR) is 46.5 cm³/mol. The number of rotatable bonds is 5. The third kappa shape index (κ3) is 4.97. The van der Waals surface area contributed by atoms with Crippen LogP contribution >= 0.6 is 0 Å². The lowest BCUT2D eigenvalue weighted by Gasteiger charge is -2.21. The standard InChI is InChI=1S/C6H10O8.2H2O/c7-1(3(9)5(11)12)2(8)4(10)6(13)14;;/h1-4,7-10H,(H,11,12)(H,13,14);2*1H2. The molecule has 98 valence electrons. The second-order valence-corrected chi connectivity index (χ2v) is 2.55. The fraction of sp³-hybridized carbons (Fsp3) is 0.667. The summed E-state index contributed by atoms with van der Waals surface area (Å²) in [5, 5.41) is 51.5. The zero-order valence-corrected chi connectivity index (χ0v) is 7.81. The van der Waals surface area contributed by atoms with Gasteiger partial charge in [-0.25, -0.2) is 9.59 Å². The fourth-order valence-corrected chi connectivity index (χ4v) is 0.666. The van der Waals surface area contributed by atoms with Gasteiger partial charge in [-0.3, -0.25) is 0 Å². The van der Waals surface area contributed by atoms with Crippen molar-refractivity contribution in [2.24, 2.45) is 0 Å². The summed E-state index contributed by atoms with van der Waals surface area (Å²) < 4.78 is 0.